The van der Waals surface area contributed by atoms with Gasteiger partial charge in [-0.1, -0.05) is 66.7 Å². The first kappa shape index (κ1) is 18.2. The summed E-state index contributed by atoms with van der Waals surface area (Å²) >= 11 is 0. The molecule has 0 heterocycles. The third-order valence-electron chi connectivity index (χ3n) is 5.09. The number of nitrogens with zero attached hydrogens (tertiary/aromatic N) is 1. The summed E-state index contributed by atoms with van der Waals surface area (Å²) in [5.74, 6) is 0. The summed E-state index contributed by atoms with van der Waals surface area (Å²) in [6, 6.07) is 42.9. The molecule has 4 rings (SSSR count). The van der Waals surface area contributed by atoms with Gasteiger partial charge in [-0.3, -0.25) is 0 Å². The first-order valence-electron chi connectivity index (χ1n) is 9.37. The van der Waals surface area contributed by atoms with E-state index in [9.17, 15) is 0 Å². The Morgan fingerprint density at radius 1 is 0.536 bits per heavy atom. The minimum Gasteiger partial charge on any atom is -0.192 e. The fourth-order valence-electron chi connectivity index (χ4n) is 3.73. The lowest BCUT2D eigenvalue weighted by Crippen LogP contribution is -2.32. The Morgan fingerprint density at radius 2 is 0.929 bits per heavy atom. The van der Waals surface area contributed by atoms with E-state index in [0.29, 0.717) is 5.56 Å². The lowest BCUT2D eigenvalue weighted by Gasteiger charge is -2.27. The van der Waals surface area contributed by atoms with E-state index in [1.807, 2.05) is 12.1 Å². The molecule has 0 aliphatic carbocycles. The molecule has 0 N–H and O–H groups in total. The average Bonchev–Trinajstić information content (AvgIpc) is 2.80. The summed E-state index contributed by atoms with van der Waals surface area (Å²) < 4.78 is 0. The average molecular weight is 378 g/mol. The SMILES string of the molecule is N#Cc1ccc(C[P+](c2ccccc2)(c2ccccc2)c2ccccc2)cc1. The Labute approximate surface area is 167 Å². The minimum absolute atomic E-state index is 0.701. The van der Waals surface area contributed by atoms with Gasteiger partial charge in [-0.25, -0.2) is 0 Å². The van der Waals surface area contributed by atoms with Crippen LogP contribution in [0.4, 0.5) is 0 Å². The Morgan fingerprint density at radius 3 is 1.29 bits per heavy atom. The van der Waals surface area contributed by atoms with Crippen molar-refractivity contribution >= 4 is 23.2 Å². The van der Waals surface area contributed by atoms with Crippen molar-refractivity contribution in [3.05, 3.63) is 126 Å². The van der Waals surface area contributed by atoms with E-state index in [1.165, 1.54) is 21.5 Å². The van der Waals surface area contributed by atoms with Crippen LogP contribution in [0.1, 0.15) is 11.1 Å². The summed E-state index contributed by atoms with van der Waals surface area (Å²) in [5, 5.41) is 13.3. The van der Waals surface area contributed by atoms with Crippen LogP contribution < -0.4 is 15.9 Å². The third kappa shape index (κ3) is 3.48. The Kier molecular flexibility index (Phi) is 5.34. The van der Waals surface area contributed by atoms with Gasteiger partial charge in [-0.15, -0.1) is 0 Å². The van der Waals surface area contributed by atoms with E-state index in [1.54, 1.807) is 0 Å². The van der Waals surface area contributed by atoms with E-state index in [2.05, 4.69) is 109 Å². The second-order valence-electron chi connectivity index (χ2n) is 6.78. The third-order valence-corrected chi connectivity index (χ3v) is 9.47. The highest BCUT2D eigenvalue weighted by Gasteiger charge is 2.45. The molecule has 0 spiro atoms. The van der Waals surface area contributed by atoms with Crippen LogP contribution in [-0.4, -0.2) is 0 Å². The first-order chi connectivity index (χ1) is 13.8. The molecule has 0 unspecified atom stereocenters. The zero-order valence-electron chi connectivity index (χ0n) is 15.6. The highest BCUT2D eigenvalue weighted by molar-refractivity contribution is 7.95. The van der Waals surface area contributed by atoms with Gasteiger partial charge in [0.2, 0.25) is 0 Å². The van der Waals surface area contributed by atoms with Crippen LogP contribution >= 0.6 is 7.26 Å². The van der Waals surface area contributed by atoms with Crippen molar-refractivity contribution in [2.24, 2.45) is 0 Å². The number of hydrogen-bond donors (Lipinski definition) is 0. The van der Waals surface area contributed by atoms with Crippen LogP contribution in [0.5, 0.6) is 0 Å². The van der Waals surface area contributed by atoms with E-state index < -0.39 is 7.26 Å². The highest BCUT2D eigenvalue weighted by atomic mass is 31.2. The van der Waals surface area contributed by atoms with Crippen molar-refractivity contribution in [2.75, 3.05) is 0 Å². The molecule has 0 aliphatic heterocycles. The summed E-state index contributed by atoms with van der Waals surface area (Å²) in [4.78, 5) is 0. The van der Waals surface area contributed by atoms with Gasteiger partial charge in [0.15, 0.2) is 0 Å². The molecule has 0 atom stereocenters. The summed E-state index contributed by atoms with van der Waals surface area (Å²) in [7, 11) is -1.88. The molecule has 0 saturated heterocycles. The molecule has 0 aliphatic rings. The van der Waals surface area contributed by atoms with Crippen LogP contribution in [0.2, 0.25) is 0 Å². The van der Waals surface area contributed by atoms with Gasteiger partial charge in [0.05, 0.1) is 17.8 Å². The second-order valence-corrected chi connectivity index (χ2v) is 10.3. The van der Waals surface area contributed by atoms with E-state index >= 15 is 0 Å². The van der Waals surface area contributed by atoms with Crippen LogP contribution in [0, 0.1) is 11.3 Å². The molecule has 2 heteroatoms. The summed E-state index contributed by atoms with van der Waals surface area (Å²) in [6.45, 7) is 0. The van der Waals surface area contributed by atoms with Gasteiger partial charge < -0.3 is 0 Å². The Balaban J connectivity index is 1.96. The maximum absolute atomic E-state index is 9.15. The van der Waals surface area contributed by atoms with E-state index in [0.717, 1.165) is 6.16 Å². The summed E-state index contributed by atoms with van der Waals surface area (Å²) in [6.07, 6.45) is 0.927. The molecule has 4 aromatic rings. The minimum atomic E-state index is -1.88. The smallest absolute Gasteiger partial charge is 0.116 e. The summed E-state index contributed by atoms with van der Waals surface area (Å²) in [5.41, 5.74) is 1.95. The zero-order chi connectivity index (χ0) is 19.2. The van der Waals surface area contributed by atoms with E-state index in [4.69, 9.17) is 5.26 Å². The van der Waals surface area contributed by atoms with Crippen LogP contribution in [-0.2, 0) is 6.16 Å². The van der Waals surface area contributed by atoms with Crippen molar-refractivity contribution < 1.29 is 0 Å². The standard InChI is InChI=1S/C26H21NP/c27-20-22-16-18-23(19-17-22)21-28(24-10-4-1-5-11-24,25-12-6-2-7-13-25)26-14-8-3-9-15-26/h1-19H,21H2/q+1. The number of nitriles is 1. The van der Waals surface area contributed by atoms with Gasteiger partial charge >= 0.3 is 0 Å². The molecular weight excluding hydrogens is 357 g/mol. The molecular formula is C26H21NP+. The van der Waals surface area contributed by atoms with Gasteiger partial charge in [0, 0.05) is 0 Å². The lowest BCUT2D eigenvalue weighted by molar-refractivity contribution is 1.37. The maximum Gasteiger partial charge on any atom is 0.116 e. The normalized spacial score (nSPS) is 11.0. The van der Waals surface area contributed by atoms with Gasteiger partial charge in [-0.05, 0) is 54.1 Å². The van der Waals surface area contributed by atoms with Crippen molar-refractivity contribution in [1.29, 1.82) is 5.26 Å². The van der Waals surface area contributed by atoms with Crippen LogP contribution in [0.3, 0.4) is 0 Å². The van der Waals surface area contributed by atoms with Gasteiger partial charge in [0.1, 0.15) is 23.2 Å². The highest BCUT2D eigenvalue weighted by Crippen LogP contribution is 2.58. The fourth-order valence-corrected chi connectivity index (χ4v) is 7.97. The van der Waals surface area contributed by atoms with Crippen molar-refractivity contribution in [3.63, 3.8) is 0 Å². The number of benzene rings is 4. The molecule has 0 bridgehead atoms. The lowest BCUT2D eigenvalue weighted by atomic mass is 10.2. The first-order valence-corrected chi connectivity index (χ1v) is 11.3. The molecule has 0 fully saturated rings. The number of hydrogen-bond acceptors (Lipinski definition) is 1. The molecule has 28 heavy (non-hydrogen) atoms. The number of rotatable bonds is 5. The maximum atomic E-state index is 9.15. The Hall–Kier alpha value is -3.20. The van der Waals surface area contributed by atoms with Crippen molar-refractivity contribution in [3.8, 4) is 6.07 Å². The molecule has 0 saturated carbocycles. The van der Waals surface area contributed by atoms with Gasteiger partial charge in [0.25, 0.3) is 0 Å². The quantitative estimate of drug-likeness (QED) is 0.446. The molecule has 134 valence electrons. The van der Waals surface area contributed by atoms with Gasteiger partial charge in [-0.2, -0.15) is 5.26 Å². The van der Waals surface area contributed by atoms with Crippen LogP contribution in [0.25, 0.3) is 0 Å². The fraction of sp³-hybridized carbons (Fsp3) is 0.0385. The molecule has 0 aromatic heterocycles. The largest absolute Gasteiger partial charge is 0.192 e. The molecule has 0 amide bonds. The van der Waals surface area contributed by atoms with Crippen LogP contribution in [0.15, 0.2) is 115 Å². The van der Waals surface area contributed by atoms with E-state index in [-0.39, 0.29) is 0 Å². The molecule has 4 aromatic carbocycles. The van der Waals surface area contributed by atoms with Crippen molar-refractivity contribution in [2.45, 2.75) is 6.16 Å². The zero-order valence-corrected chi connectivity index (χ0v) is 16.5. The topological polar surface area (TPSA) is 23.8 Å². The Bertz CT molecular complexity index is 969. The molecule has 1 nitrogen and oxygen atoms in total. The second kappa shape index (κ2) is 8.22. The molecule has 0 radical (unpaired) electrons. The predicted octanol–water partition coefficient (Wildman–Crippen LogP) is 5.05. The van der Waals surface area contributed by atoms with Crippen molar-refractivity contribution in [1.82, 2.24) is 0 Å². The monoisotopic (exact) mass is 378 g/mol. The predicted molar refractivity (Wildman–Crippen MR) is 120 cm³/mol.